The van der Waals surface area contributed by atoms with Crippen molar-refractivity contribution < 1.29 is 0 Å². The minimum absolute atomic E-state index is 0.875. The van der Waals surface area contributed by atoms with E-state index >= 15 is 0 Å². The van der Waals surface area contributed by atoms with Crippen molar-refractivity contribution in [1.29, 1.82) is 0 Å². The lowest BCUT2D eigenvalue weighted by Gasteiger charge is -2.09. The maximum Gasteiger partial charge on any atom is 0.207 e. The van der Waals surface area contributed by atoms with Gasteiger partial charge in [-0.05, 0) is 41.6 Å². The van der Waals surface area contributed by atoms with Gasteiger partial charge in [-0.15, -0.1) is 0 Å². The lowest BCUT2D eigenvalue weighted by atomic mass is 10.3. The zero-order chi connectivity index (χ0) is 10.7. The van der Waals surface area contributed by atoms with E-state index in [9.17, 15) is 0 Å². The Balaban J connectivity index is 2.45. The second-order valence-corrected chi connectivity index (χ2v) is 4.26. The smallest absolute Gasteiger partial charge is 0.207 e. The average Bonchev–Trinajstić information content (AvgIpc) is 2.67. The average molecular weight is 313 g/mol. The molecule has 1 heterocycles. The van der Waals surface area contributed by atoms with Crippen LogP contribution >= 0.6 is 22.6 Å². The molecule has 0 saturated carbocycles. The van der Waals surface area contributed by atoms with Crippen LogP contribution < -0.4 is 5.32 Å². The van der Waals surface area contributed by atoms with E-state index in [2.05, 4.69) is 56.5 Å². The van der Waals surface area contributed by atoms with Crippen LogP contribution in [0.2, 0.25) is 0 Å². The number of benzene rings is 1. The highest BCUT2D eigenvalue weighted by Gasteiger charge is 2.05. The van der Waals surface area contributed by atoms with Crippen molar-refractivity contribution in [2.45, 2.75) is 6.92 Å². The molecule has 0 amide bonds. The van der Waals surface area contributed by atoms with Crippen LogP contribution in [-0.2, 0) is 0 Å². The van der Waals surface area contributed by atoms with Gasteiger partial charge in [0.25, 0.3) is 0 Å². The highest BCUT2D eigenvalue weighted by molar-refractivity contribution is 14.1. The molecule has 0 radical (unpaired) electrons. The zero-order valence-electron chi connectivity index (χ0n) is 8.44. The Morgan fingerprint density at radius 2 is 2.20 bits per heavy atom. The number of imidazole rings is 1. The first-order chi connectivity index (χ1) is 7.33. The lowest BCUT2D eigenvalue weighted by molar-refractivity contribution is 1.02. The molecule has 0 unspecified atom stereocenters. The van der Waals surface area contributed by atoms with Crippen LogP contribution in [0.3, 0.4) is 0 Å². The molecule has 0 aliphatic rings. The highest BCUT2D eigenvalue weighted by Crippen LogP contribution is 2.19. The molecule has 1 aromatic carbocycles. The fourth-order valence-electron chi connectivity index (χ4n) is 1.43. The predicted molar refractivity (Wildman–Crippen MR) is 70.4 cm³/mol. The quantitative estimate of drug-likeness (QED) is 0.883. The number of nitrogens with zero attached hydrogens (tertiary/aromatic N) is 2. The minimum Gasteiger partial charge on any atom is -0.356 e. The normalized spacial score (nSPS) is 10.3. The Morgan fingerprint density at radius 1 is 1.40 bits per heavy atom. The zero-order valence-corrected chi connectivity index (χ0v) is 10.6. The van der Waals surface area contributed by atoms with Gasteiger partial charge in [0.15, 0.2) is 0 Å². The van der Waals surface area contributed by atoms with Gasteiger partial charge in [-0.3, -0.25) is 4.57 Å². The maximum atomic E-state index is 4.27. The van der Waals surface area contributed by atoms with Crippen LogP contribution in [0.4, 0.5) is 5.95 Å². The van der Waals surface area contributed by atoms with E-state index in [1.54, 1.807) is 6.20 Å². The molecule has 1 N–H and O–H groups in total. The first-order valence-corrected chi connectivity index (χ1v) is 5.93. The molecule has 0 atom stereocenters. The molecule has 4 heteroatoms. The van der Waals surface area contributed by atoms with Crippen molar-refractivity contribution in [2.24, 2.45) is 0 Å². The first kappa shape index (κ1) is 10.5. The number of anilines is 1. The molecule has 0 fully saturated rings. The van der Waals surface area contributed by atoms with Gasteiger partial charge in [-0.1, -0.05) is 12.1 Å². The number of halogens is 1. The molecule has 0 spiro atoms. The van der Waals surface area contributed by atoms with Gasteiger partial charge in [0.05, 0.1) is 5.69 Å². The second-order valence-electron chi connectivity index (χ2n) is 3.10. The summed E-state index contributed by atoms with van der Waals surface area (Å²) in [5.41, 5.74) is 1.16. The summed E-state index contributed by atoms with van der Waals surface area (Å²) in [5, 5.41) is 3.23. The SMILES string of the molecule is CCNc1nccn1-c1ccccc1I. The summed E-state index contributed by atoms with van der Waals surface area (Å²) >= 11 is 2.33. The monoisotopic (exact) mass is 313 g/mol. The molecule has 3 nitrogen and oxygen atoms in total. The van der Waals surface area contributed by atoms with E-state index < -0.39 is 0 Å². The van der Waals surface area contributed by atoms with Crippen LogP contribution in [0.1, 0.15) is 6.92 Å². The van der Waals surface area contributed by atoms with E-state index in [0.29, 0.717) is 0 Å². The molecule has 78 valence electrons. The van der Waals surface area contributed by atoms with Gasteiger partial charge in [0, 0.05) is 22.5 Å². The number of hydrogen-bond acceptors (Lipinski definition) is 2. The van der Waals surface area contributed by atoms with Crippen molar-refractivity contribution in [3.05, 3.63) is 40.2 Å². The van der Waals surface area contributed by atoms with Gasteiger partial charge >= 0.3 is 0 Å². The molecular formula is C11H12IN3. The summed E-state index contributed by atoms with van der Waals surface area (Å²) in [5.74, 6) is 0.890. The van der Waals surface area contributed by atoms with Crippen LogP contribution in [-0.4, -0.2) is 16.1 Å². The van der Waals surface area contributed by atoms with Crippen LogP contribution in [0, 0.1) is 3.57 Å². The third-order valence-electron chi connectivity index (χ3n) is 2.09. The van der Waals surface area contributed by atoms with Gasteiger partial charge in [0.2, 0.25) is 5.95 Å². The Hall–Kier alpha value is -1.04. The first-order valence-electron chi connectivity index (χ1n) is 4.85. The summed E-state index contributed by atoms with van der Waals surface area (Å²) in [6.45, 7) is 2.94. The summed E-state index contributed by atoms with van der Waals surface area (Å²) < 4.78 is 3.28. The number of aromatic nitrogens is 2. The molecule has 2 rings (SSSR count). The summed E-state index contributed by atoms with van der Waals surface area (Å²) in [7, 11) is 0. The van der Waals surface area contributed by atoms with Crippen molar-refractivity contribution in [3.63, 3.8) is 0 Å². The molecule has 2 aromatic rings. The van der Waals surface area contributed by atoms with Gasteiger partial charge in [0.1, 0.15) is 0 Å². The van der Waals surface area contributed by atoms with Crippen molar-refractivity contribution in [1.82, 2.24) is 9.55 Å². The Morgan fingerprint density at radius 3 is 2.93 bits per heavy atom. The maximum absolute atomic E-state index is 4.27. The summed E-state index contributed by atoms with van der Waals surface area (Å²) in [6, 6.07) is 8.25. The standard InChI is InChI=1S/C11H12IN3/c1-2-13-11-14-7-8-15(11)10-6-4-3-5-9(10)12/h3-8H,2H2,1H3,(H,13,14). The van der Waals surface area contributed by atoms with E-state index in [4.69, 9.17) is 0 Å². The minimum atomic E-state index is 0.875. The Bertz CT molecular complexity index is 451. The van der Waals surface area contributed by atoms with Crippen LogP contribution in [0.15, 0.2) is 36.7 Å². The number of hydrogen-bond donors (Lipinski definition) is 1. The number of nitrogens with one attached hydrogen (secondary N) is 1. The molecule has 0 bridgehead atoms. The Kier molecular flexibility index (Phi) is 3.25. The molecule has 15 heavy (non-hydrogen) atoms. The van der Waals surface area contributed by atoms with Crippen molar-refractivity contribution in [2.75, 3.05) is 11.9 Å². The van der Waals surface area contributed by atoms with Gasteiger partial charge in [-0.25, -0.2) is 4.98 Å². The third kappa shape index (κ3) is 2.14. The summed E-state index contributed by atoms with van der Waals surface area (Å²) in [4.78, 5) is 4.27. The molecule has 0 saturated heterocycles. The number of para-hydroxylation sites is 1. The van der Waals surface area contributed by atoms with E-state index in [-0.39, 0.29) is 0 Å². The molecule has 0 aliphatic heterocycles. The molecule has 1 aromatic heterocycles. The second kappa shape index (κ2) is 4.65. The van der Waals surface area contributed by atoms with Crippen molar-refractivity contribution >= 4 is 28.5 Å². The van der Waals surface area contributed by atoms with E-state index in [0.717, 1.165) is 18.2 Å². The fraction of sp³-hybridized carbons (Fsp3) is 0.182. The van der Waals surface area contributed by atoms with E-state index in [1.807, 2.05) is 18.3 Å². The third-order valence-corrected chi connectivity index (χ3v) is 3.00. The fourth-order valence-corrected chi connectivity index (χ4v) is 2.08. The van der Waals surface area contributed by atoms with Gasteiger partial charge in [-0.2, -0.15) is 0 Å². The topological polar surface area (TPSA) is 29.9 Å². The molecular weight excluding hydrogens is 301 g/mol. The lowest BCUT2D eigenvalue weighted by Crippen LogP contribution is -2.05. The highest BCUT2D eigenvalue weighted by atomic mass is 127. The molecule has 0 aliphatic carbocycles. The Labute approximate surface area is 103 Å². The van der Waals surface area contributed by atoms with Crippen molar-refractivity contribution in [3.8, 4) is 5.69 Å². The number of rotatable bonds is 3. The predicted octanol–water partition coefficient (Wildman–Crippen LogP) is 2.91. The van der Waals surface area contributed by atoms with Gasteiger partial charge < -0.3 is 5.32 Å². The summed E-state index contributed by atoms with van der Waals surface area (Å²) in [6.07, 6.45) is 3.77. The largest absolute Gasteiger partial charge is 0.356 e. The van der Waals surface area contributed by atoms with Crippen LogP contribution in [0.25, 0.3) is 5.69 Å². The van der Waals surface area contributed by atoms with E-state index in [1.165, 1.54) is 3.57 Å². The van der Waals surface area contributed by atoms with Crippen LogP contribution in [0.5, 0.6) is 0 Å².